The van der Waals surface area contributed by atoms with Crippen LogP contribution in [-0.2, 0) is 20.1 Å². The van der Waals surface area contributed by atoms with Gasteiger partial charge in [0.05, 0.1) is 8.07 Å². The summed E-state index contributed by atoms with van der Waals surface area (Å²) in [5.41, 5.74) is 2.10. The van der Waals surface area contributed by atoms with E-state index in [1.807, 2.05) is 24.4 Å². The molecule has 0 saturated heterocycles. The van der Waals surface area contributed by atoms with E-state index in [-0.39, 0.29) is 20.1 Å². The first kappa shape index (κ1) is 22.4. The molecule has 21 heavy (non-hydrogen) atoms. The molecule has 2 aromatic rings. The second kappa shape index (κ2) is 11.8. The van der Waals surface area contributed by atoms with Crippen molar-refractivity contribution >= 4 is 13.3 Å². The molecule has 0 unspecified atom stereocenters. The van der Waals surface area contributed by atoms with Gasteiger partial charge in [-0.25, -0.2) is 0 Å². The van der Waals surface area contributed by atoms with Crippen LogP contribution in [0.2, 0.25) is 19.6 Å². The van der Waals surface area contributed by atoms with Gasteiger partial charge < -0.3 is 15.2 Å². The number of aliphatic hydroxyl groups excluding tert-OH is 2. The van der Waals surface area contributed by atoms with Gasteiger partial charge in [-0.05, 0) is 11.8 Å². The Labute approximate surface area is 142 Å². The second-order valence-corrected chi connectivity index (χ2v) is 10.0. The second-order valence-electron chi connectivity index (χ2n) is 4.96. The van der Waals surface area contributed by atoms with E-state index in [2.05, 4.69) is 48.9 Å². The Balaban J connectivity index is 0. The van der Waals surface area contributed by atoms with Crippen molar-refractivity contribution in [3.63, 3.8) is 0 Å². The number of hydrogen-bond donors (Lipinski definition) is 2. The molecule has 0 aliphatic heterocycles. The summed E-state index contributed by atoms with van der Waals surface area (Å²) >= 11 is 0. The first-order valence-electron chi connectivity index (χ1n) is 6.40. The normalized spacial score (nSPS) is 9.29. The number of nitrogens with zero attached hydrogens (tertiary/aromatic N) is 1. The molecule has 0 aliphatic rings. The molecule has 0 atom stereocenters. The number of aliphatic hydroxyl groups is 2. The van der Waals surface area contributed by atoms with E-state index in [9.17, 15) is 0 Å². The van der Waals surface area contributed by atoms with Gasteiger partial charge >= 0.3 is 0 Å². The van der Waals surface area contributed by atoms with E-state index in [1.165, 1.54) is 5.19 Å². The van der Waals surface area contributed by atoms with E-state index >= 15 is 0 Å². The van der Waals surface area contributed by atoms with Crippen LogP contribution in [0.25, 0.3) is 11.3 Å². The van der Waals surface area contributed by atoms with Crippen LogP contribution in [0.3, 0.4) is 0 Å². The van der Waals surface area contributed by atoms with Crippen molar-refractivity contribution in [3.8, 4) is 11.3 Å². The minimum atomic E-state index is -1.25. The molecule has 0 saturated carbocycles. The predicted octanol–water partition coefficient (Wildman–Crippen LogP) is 2.31. The minimum absolute atomic E-state index is 0. The van der Waals surface area contributed by atoms with Crippen LogP contribution < -0.4 is 5.19 Å². The monoisotopic (exact) mass is 483 g/mol. The molecule has 1 radical (unpaired) electrons. The number of benzene rings is 1. The van der Waals surface area contributed by atoms with Gasteiger partial charge in [0, 0.05) is 40.5 Å². The summed E-state index contributed by atoms with van der Waals surface area (Å²) in [6.45, 7) is 7.04. The Morgan fingerprint density at radius 3 is 2.10 bits per heavy atom. The first-order chi connectivity index (χ1) is 9.57. The zero-order chi connectivity index (χ0) is 15.6. The van der Waals surface area contributed by atoms with Gasteiger partial charge in [0.15, 0.2) is 0 Å². The van der Waals surface area contributed by atoms with Crippen molar-refractivity contribution in [1.29, 1.82) is 0 Å². The maximum Gasteiger partial charge on any atom is 0.0767 e. The predicted molar refractivity (Wildman–Crippen MR) is 87.8 cm³/mol. The van der Waals surface area contributed by atoms with Crippen LogP contribution in [0.15, 0.2) is 42.6 Å². The van der Waals surface area contributed by atoms with Gasteiger partial charge in [0.1, 0.15) is 0 Å². The third kappa shape index (κ3) is 7.65. The molecule has 119 valence electrons. The van der Waals surface area contributed by atoms with Crippen LogP contribution >= 0.6 is 0 Å². The Morgan fingerprint density at radius 1 is 1.00 bits per heavy atom. The smallest absolute Gasteiger partial charge is 0.0767 e. The largest absolute Gasteiger partial charge is 0.400 e. The summed E-state index contributed by atoms with van der Waals surface area (Å²) in [4.78, 5) is 4.41. The standard InChI is InChI=1S/C14H16NSi.2CH4O.Ir/c1-16(2,3)13-9-10-15-14(11-13)12-7-5-4-6-8-12;2*1-2;/h4-7,9-11H,1-3H3;2*2H,1H3;/q-1;;;. The van der Waals surface area contributed by atoms with Crippen LogP contribution in [0.4, 0.5) is 0 Å². The van der Waals surface area contributed by atoms with Crippen molar-refractivity contribution in [2.75, 3.05) is 14.2 Å². The number of aromatic nitrogens is 1. The maximum absolute atomic E-state index is 7.00. The summed E-state index contributed by atoms with van der Waals surface area (Å²) in [6, 6.07) is 15.5. The number of hydrogen-bond acceptors (Lipinski definition) is 3. The third-order valence-electron chi connectivity index (χ3n) is 2.61. The van der Waals surface area contributed by atoms with Gasteiger partial charge in [-0.1, -0.05) is 30.9 Å². The van der Waals surface area contributed by atoms with Gasteiger partial charge in [-0.3, -0.25) is 0 Å². The molecule has 1 heterocycles. The summed E-state index contributed by atoms with van der Waals surface area (Å²) in [7, 11) is 0.749. The fourth-order valence-electron chi connectivity index (χ4n) is 1.60. The van der Waals surface area contributed by atoms with Crippen LogP contribution in [0, 0.1) is 6.07 Å². The molecule has 5 heteroatoms. The minimum Gasteiger partial charge on any atom is -0.400 e. The number of pyridine rings is 1. The Kier molecular flexibility index (Phi) is 12.6. The van der Waals surface area contributed by atoms with E-state index in [0.29, 0.717) is 0 Å². The molecule has 0 spiro atoms. The quantitative estimate of drug-likeness (QED) is 0.510. The molecular weight excluding hydrogens is 458 g/mol. The fraction of sp³-hybridized carbons (Fsp3) is 0.312. The maximum atomic E-state index is 7.00. The molecular formula is C16H24IrNO2Si-. The van der Waals surface area contributed by atoms with E-state index < -0.39 is 8.07 Å². The van der Waals surface area contributed by atoms with E-state index in [0.717, 1.165) is 25.5 Å². The van der Waals surface area contributed by atoms with Crippen molar-refractivity contribution in [3.05, 3.63) is 48.7 Å². The summed E-state index contributed by atoms with van der Waals surface area (Å²) in [5, 5.41) is 15.4. The molecule has 0 fully saturated rings. The van der Waals surface area contributed by atoms with Crippen molar-refractivity contribution in [1.82, 2.24) is 4.98 Å². The Bertz CT molecular complexity index is 487. The molecule has 1 aromatic heterocycles. The zero-order valence-electron chi connectivity index (χ0n) is 13.2. The molecule has 1 aromatic carbocycles. The summed E-state index contributed by atoms with van der Waals surface area (Å²) in [5.74, 6) is 0. The fourth-order valence-corrected chi connectivity index (χ4v) is 2.74. The van der Waals surface area contributed by atoms with Gasteiger partial charge in [0.25, 0.3) is 0 Å². The van der Waals surface area contributed by atoms with Crippen LogP contribution in [-0.4, -0.2) is 37.5 Å². The SMILES string of the molecule is CO.CO.C[Si](C)(C)c1ccnc(-c2[c-]cccc2)c1.[Ir]. The molecule has 0 bridgehead atoms. The van der Waals surface area contributed by atoms with Crippen molar-refractivity contribution in [2.45, 2.75) is 19.6 Å². The Hall–Kier alpha value is -0.844. The molecule has 0 amide bonds. The first-order valence-corrected chi connectivity index (χ1v) is 9.90. The van der Waals surface area contributed by atoms with Gasteiger partial charge in [-0.2, -0.15) is 0 Å². The topological polar surface area (TPSA) is 53.4 Å². The summed E-state index contributed by atoms with van der Waals surface area (Å²) in [6.07, 6.45) is 1.91. The van der Waals surface area contributed by atoms with E-state index in [4.69, 9.17) is 10.2 Å². The van der Waals surface area contributed by atoms with Crippen molar-refractivity contribution < 1.29 is 30.3 Å². The van der Waals surface area contributed by atoms with Crippen LogP contribution in [0.1, 0.15) is 0 Å². The van der Waals surface area contributed by atoms with E-state index in [1.54, 1.807) is 0 Å². The molecule has 0 aliphatic carbocycles. The molecule has 2 N–H and O–H groups in total. The molecule has 2 rings (SSSR count). The third-order valence-corrected chi connectivity index (χ3v) is 4.65. The molecule has 3 nitrogen and oxygen atoms in total. The van der Waals surface area contributed by atoms with Gasteiger partial charge in [0.2, 0.25) is 0 Å². The number of rotatable bonds is 2. The van der Waals surface area contributed by atoms with Crippen LogP contribution in [0.5, 0.6) is 0 Å². The van der Waals surface area contributed by atoms with Crippen molar-refractivity contribution in [2.24, 2.45) is 0 Å². The summed E-state index contributed by atoms with van der Waals surface area (Å²) < 4.78 is 0. The van der Waals surface area contributed by atoms with Gasteiger partial charge in [-0.15, -0.1) is 35.9 Å². The Morgan fingerprint density at radius 2 is 1.62 bits per heavy atom. The average molecular weight is 483 g/mol. The zero-order valence-corrected chi connectivity index (χ0v) is 16.6. The average Bonchev–Trinajstić information content (AvgIpc) is 2.51.